The number of nitrogens with zero attached hydrogens (tertiary/aromatic N) is 5. The number of hydrogen-bond donors (Lipinski definition) is 0. The van der Waals surface area contributed by atoms with Crippen molar-refractivity contribution in [3.05, 3.63) is 47.0 Å². The van der Waals surface area contributed by atoms with Gasteiger partial charge in [-0.25, -0.2) is 0 Å². The minimum absolute atomic E-state index is 0.0660. The van der Waals surface area contributed by atoms with E-state index in [9.17, 15) is 18.0 Å². The number of piperazine rings is 1. The smallest absolute Gasteiger partial charge is 0.367 e. The van der Waals surface area contributed by atoms with Gasteiger partial charge in [-0.15, -0.1) is 10.2 Å². The van der Waals surface area contributed by atoms with E-state index in [0.29, 0.717) is 24.2 Å². The van der Waals surface area contributed by atoms with Crippen LogP contribution in [0.15, 0.2) is 24.3 Å². The van der Waals surface area contributed by atoms with Gasteiger partial charge < -0.3 is 14.2 Å². The molecule has 0 N–H and O–H groups in total. The molecule has 4 rings (SSSR count). The summed E-state index contributed by atoms with van der Waals surface area (Å²) in [5.41, 5.74) is 1.13. The van der Waals surface area contributed by atoms with E-state index in [2.05, 4.69) is 24.4 Å². The number of fused-ring (bicyclic) bond motifs is 1. The zero-order valence-electron chi connectivity index (χ0n) is 18.0. The molecule has 0 aliphatic carbocycles. The fourth-order valence-corrected chi connectivity index (χ4v) is 4.18. The number of aryl methyl sites for hydroxylation is 1. The van der Waals surface area contributed by atoms with Gasteiger partial charge in [0.2, 0.25) is 0 Å². The third kappa shape index (κ3) is 5.86. The van der Waals surface area contributed by atoms with E-state index in [-0.39, 0.29) is 12.5 Å². The highest BCUT2D eigenvalue weighted by molar-refractivity contribution is 5.94. The van der Waals surface area contributed by atoms with Crippen molar-refractivity contribution >= 4 is 5.91 Å². The first-order valence-electron chi connectivity index (χ1n) is 11.0. The molecule has 1 fully saturated rings. The maximum absolute atomic E-state index is 12.8. The summed E-state index contributed by atoms with van der Waals surface area (Å²) in [6, 6.07) is 6.56. The summed E-state index contributed by atoms with van der Waals surface area (Å²) in [4.78, 5) is 16.9. The zero-order valence-corrected chi connectivity index (χ0v) is 18.0. The van der Waals surface area contributed by atoms with Crippen LogP contribution in [0.2, 0.25) is 0 Å². The van der Waals surface area contributed by atoms with Gasteiger partial charge in [0.15, 0.2) is 0 Å². The Morgan fingerprint density at radius 3 is 2.44 bits per heavy atom. The number of rotatable bonds is 6. The lowest BCUT2D eigenvalue weighted by Gasteiger charge is -2.34. The maximum Gasteiger partial charge on any atom is 0.411 e. The molecule has 0 atom stereocenters. The highest BCUT2D eigenvalue weighted by Crippen LogP contribution is 2.18. The van der Waals surface area contributed by atoms with Crippen molar-refractivity contribution in [1.29, 1.82) is 0 Å². The fraction of sp³-hybridized carbons (Fsp3) is 0.591. The van der Waals surface area contributed by atoms with E-state index in [1.54, 1.807) is 24.3 Å². The molecule has 1 aromatic heterocycles. The van der Waals surface area contributed by atoms with Gasteiger partial charge in [0.05, 0.1) is 13.2 Å². The average molecular weight is 451 g/mol. The molecule has 2 aliphatic heterocycles. The second-order valence-electron chi connectivity index (χ2n) is 8.37. The van der Waals surface area contributed by atoms with Gasteiger partial charge in [-0.05, 0) is 30.5 Å². The topological polar surface area (TPSA) is 63.5 Å². The number of halogens is 3. The van der Waals surface area contributed by atoms with E-state index in [0.717, 1.165) is 50.7 Å². The van der Waals surface area contributed by atoms with Crippen LogP contribution < -0.4 is 0 Å². The van der Waals surface area contributed by atoms with Crippen molar-refractivity contribution in [2.24, 2.45) is 0 Å². The number of alkyl halides is 3. The first-order valence-corrected chi connectivity index (χ1v) is 11.0. The molecule has 2 aliphatic rings. The molecule has 0 unspecified atom stereocenters. The van der Waals surface area contributed by atoms with Gasteiger partial charge in [-0.1, -0.05) is 18.6 Å². The van der Waals surface area contributed by atoms with Crippen LogP contribution in [0.3, 0.4) is 0 Å². The first kappa shape index (κ1) is 22.7. The average Bonchev–Trinajstić information content (AvgIpc) is 2.99. The molecule has 0 saturated carbocycles. The van der Waals surface area contributed by atoms with Crippen molar-refractivity contribution in [3.63, 3.8) is 0 Å². The maximum atomic E-state index is 12.8. The summed E-state index contributed by atoms with van der Waals surface area (Å²) in [6.07, 6.45) is 0.201. The molecule has 0 radical (unpaired) electrons. The number of hydrogen-bond acceptors (Lipinski definition) is 5. The second kappa shape index (κ2) is 9.99. The Morgan fingerprint density at radius 1 is 0.969 bits per heavy atom. The molecule has 1 aromatic carbocycles. The summed E-state index contributed by atoms with van der Waals surface area (Å²) in [6.45, 7) is 3.06. The Bertz CT molecular complexity index is 905. The molecule has 2 aromatic rings. The van der Waals surface area contributed by atoms with Crippen LogP contribution in [0.5, 0.6) is 0 Å². The van der Waals surface area contributed by atoms with Crippen molar-refractivity contribution in [3.8, 4) is 0 Å². The lowest BCUT2D eigenvalue weighted by atomic mass is 10.1. The van der Waals surface area contributed by atoms with E-state index in [1.165, 1.54) is 12.8 Å². The summed E-state index contributed by atoms with van der Waals surface area (Å²) in [5, 5.41) is 8.76. The highest BCUT2D eigenvalue weighted by atomic mass is 19.4. The predicted octanol–water partition coefficient (Wildman–Crippen LogP) is 3.04. The van der Waals surface area contributed by atoms with Crippen LogP contribution in [0.4, 0.5) is 13.2 Å². The Labute approximate surface area is 185 Å². The fourth-order valence-electron chi connectivity index (χ4n) is 4.18. The molecule has 32 heavy (non-hydrogen) atoms. The summed E-state index contributed by atoms with van der Waals surface area (Å²) < 4.78 is 43.4. The van der Waals surface area contributed by atoms with Crippen LogP contribution >= 0.6 is 0 Å². The number of aromatic nitrogens is 3. The van der Waals surface area contributed by atoms with E-state index < -0.39 is 12.8 Å². The number of amides is 1. The third-order valence-electron chi connectivity index (χ3n) is 5.95. The van der Waals surface area contributed by atoms with Crippen molar-refractivity contribution < 1.29 is 22.7 Å². The van der Waals surface area contributed by atoms with E-state index in [4.69, 9.17) is 0 Å². The Kier molecular flexibility index (Phi) is 7.10. The monoisotopic (exact) mass is 451 g/mol. The van der Waals surface area contributed by atoms with Crippen molar-refractivity contribution in [2.75, 3.05) is 32.8 Å². The molecule has 174 valence electrons. The van der Waals surface area contributed by atoms with Crippen molar-refractivity contribution in [1.82, 2.24) is 24.6 Å². The van der Waals surface area contributed by atoms with Crippen LogP contribution in [0.25, 0.3) is 0 Å². The van der Waals surface area contributed by atoms with Gasteiger partial charge in [0, 0.05) is 44.7 Å². The molecule has 3 heterocycles. The lowest BCUT2D eigenvalue weighted by Crippen LogP contribution is -2.48. The minimum Gasteiger partial charge on any atom is -0.367 e. The summed E-state index contributed by atoms with van der Waals surface area (Å²) in [7, 11) is 0. The number of carbonyl (C=O) groups is 1. The standard InChI is InChI=1S/C22H28F3N5O2/c23-22(24,25)16-32-15-17-5-7-18(8-6-17)21(31)29-12-10-28(11-13-29)14-20-27-26-19-4-2-1-3-9-30(19)20/h5-8H,1-4,9-16H2. The third-order valence-corrected chi connectivity index (χ3v) is 5.95. The Balaban J connectivity index is 1.26. The number of ether oxygens (including phenoxy) is 1. The molecule has 7 nitrogen and oxygen atoms in total. The van der Waals surface area contributed by atoms with Crippen LogP contribution in [-0.4, -0.2) is 69.4 Å². The molecule has 1 saturated heterocycles. The van der Waals surface area contributed by atoms with Gasteiger partial charge in [-0.2, -0.15) is 13.2 Å². The Hall–Kier alpha value is -2.46. The minimum atomic E-state index is -4.34. The molecular weight excluding hydrogens is 423 g/mol. The molecule has 10 heteroatoms. The number of carbonyl (C=O) groups excluding carboxylic acids is 1. The zero-order chi connectivity index (χ0) is 22.6. The molecular formula is C22H28F3N5O2. The highest BCUT2D eigenvalue weighted by Gasteiger charge is 2.27. The predicted molar refractivity (Wildman–Crippen MR) is 111 cm³/mol. The second-order valence-corrected chi connectivity index (χ2v) is 8.37. The molecule has 0 bridgehead atoms. The van der Waals surface area contributed by atoms with Crippen molar-refractivity contribution in [2.45, 2.75) is 51.6 Å². The first-order chi connectivity index (χ1) is 15.4. The quantitative estimate of drug-likeness (QED) is 0.676. The van der Waals surface area contributed by atoms with Crippen LogP contribution in [0.1, 0.15) is 46.8 Å². The number of benzene rings is 1. The SMILES string of the molecule is O=C(c1ccc(COCC(F)(F)F)cc1)N1CCN(Cc2nnc3n2CCCCC3)CC1. The van der Waals surface area contributed by atoms with Gasteiger partial charge in [0.1, 0.15) is 18.3 Å². The van der Waals surface area contributed by atoms with E-state index in [1.807, 2.05) is 4.90 Å². The normalized spacial score (nSPS) is 17.8. The largest absolute Gasteiger partial charge is 0.411 e. The van der Waals surface area contributed by atoms with Gasteiger partial charge >= 0.3 is 6.18 Å². The van der Waals surface area contributed by atoms with Crippen LogP contribution in [0, 0.1) is 0 Å². The van der Waals surface area contributed by atoms with Gasteiger partial charge in [-0.3, -0.25) is 9.69 Å². The summed E-state index contributed by atoms with van der Waals surface area (Å²) >= 11 is 0. The van der Waals surface area contributed by atoms with E-state index >= 15 is 0 Å². The summed E-state index contributed by atoms with van der Waals surface area (Å²) in [5.74, 6) is 2.02. The molecule has 0 spiro atoms. The molecule has 1 amide bonds. The van der Waals surface area contributed by atoms with Gasteiger partial charge in [0.25, 0.3) is 5.91 Å². The van der Waals surface area contributed by atoms with Crippen LogP contribution in [-0.2, 0) is 30.9 Å². The lowest BCUT2D eigenvalue weighted by molar-refractivity contribution is -0.176. The Morgan fingerprint density at radius 2 is 1.72 bits per heavy atom.